The molecule has 1 aromatic carbocycles. The quantitative estimate of drug-likeness (QED) is 0.638. The van der Waals surface area contributed by atoms with Crippen LogP contribution in [-0.4, -0.2) is 22.7 Å². The second kappa shape index (κ2) is 4.65. The maximum absolute atomic E-state index is 11.3. The molecule has 0 bridgehead atoms. The van der Waals surface area contributed by atoms with Crippen molar-refractivity contribution in [2.75, 3.05) is 12.3 Å². The molecule has 0 radical (unpaired) electrons. The number of nitrogen functional groups attached to an aromatic ring is 1. The number of carbonyl (C=O) groups excluding carboxylic acids is 1. The fraction of sp³-hybridized carbons (Fsp3) is 0.182. The summed E-state index contributed by atoms with van der Waals surface area (Å²) in [6, 6.07) is 7.06. The van der Waals surface area contributed by atoms with Crippen molar-refractivity contribution in [1.29, 1.82) is 0 Å². The molecule has 2 rings (SSSR count). The Kier molecular flexibility index (Phi) is 3.04. The highest BCUT2D eigenvalue weighted by Crippen LogP contribution is 2.22. The van der Waals surface area contributed by atoms with Crippen molar-refractivity contribution in [1.82, 2.24) is 10.1 Å². The number of hydrogen-bond acceptors (Lipinski definition) is 6. The summed E-state index contributed by atoms with van der Waals surface area (Å²) in [6.07, 6.45) is 0. The molecule has 0 fully saturated rings. The van der Waals surface area contributed by atoms with Crippen molar-refractivity contribution < 1.29 is 14.1 Å². The molecule has 0 aliphatic carbocycles. The number of nitrogens with zero attached hydrogens (tertiary/aromatic N) is 2. The van der Waals surface area contributed by atoms with Crippen molar-refractivity contribution in [3.8, 4) is 11.4 Å². The minimum atomic E-state index is -0.638. The summed E-state index contributed by atoms with van der Waals surface area (Å²) in [5, 5.41) is 3.68. The monoisotopic (exact) mass is 233 g/mol. The maximum Gasteiger partial charge on any atom is 0.397 e. The Balaban J connectivity index is 2.30. The van der Waals surface area contributed by atoms with Crippen LogP contribution in [0.1, 0.15) is 17.6 Å². The molecule has 88 valence electrons. The summed E-state index contributed by atoms with van der Waals surface area (Å²) in [4.78, 5) is 15.3. The molecular formula is C11H11N3O3. The van der Waals surface area contributed by atoms with Gasteiger partial charge in [-0.15, -0.1) is 0 Å². The molecule has 0 amide bonds. The third-order valence-corrected chi connectivity index (χ3v) is 2.08. The molecule has 1 heterocycles. The van der Waals surface area contributed by atoms with Gasteiger partial charge in [0.1, 0.15) is 0 Å². The van der Waals surface area contributed by atoms with Gasteiger partial charge in [0.25, 0.3) is 0 Å². The second-order valence-corrected chi connectivity index (χ2v) is 3.23. The van der Waals surface area contributed by atoms with Crippen molar-refractivity contribution >= 4 is 11.7 Å². The lowest BCUT2D eigenvalue weighted by Gasteiger charge is -1.98. The van der Waals surface area contributed by atoms with Gasteiger partial charge in [-0.25, -0.2) is 4.79 Å². The molecule has 6 nitrogen and oxygen atoms in total. The summed E-state index contributed by atoms with van der Waals surface area (Å²) in [5.41, 5.74) is 6.89. The van der Waals surface area contributed by atoms with E-state index in [2.05, 4.69) is 10.1 Å². The predicted molar refractivity (Wildman–Crippen MR) is 60.1 cm³/mol. The number of esters is 1. The summed E-state index contributed by atoms with van der Waals surface area (Å²) in [7, 11) is 0. The average molecular weight is 233 g/mol. The van der Waals surface area contributed by atoms with Crippen LogP contribution < -0.4 is 5.73 Å². The van der Waals surface area contributed by atoms with Gasteiger partial charge < -0.3 is 15.0 Å². The van der Waals surface area contributed by atoms with Crippen LogP contribution in [0.15, 0.2) is 28.8 Å². The third kappa shape index (κ3) is 2.25. The highest BCUT2D eigenvalue weighted by molar-refractivity contribution is 5.85. The zero-order valence-electron chi connectivity index (χ0n) is 9.21. The van der Waals surface area contributed by atoms with Gasteiger partial charge in [0.05, 0.1) is 6.61 Å². The number of rotatable bonds is 3. The first-order chi connectivity index (χ1) is 8.22. The van der Waals surface area contributed by atoms with Gasteiger partial charge in [0.2, 0.25) is 5.82 Å². The zero-order valence-corrected chi connectivity index (χ0v) is 9.21. The van der Waals surface area contributed by atoms with Gasteiger partial charge in [-0.3, -0.25) is 0 Å². The Labute approximate surface area is 97.4 Å². The number of hydrogen-bond donors (Lipinski definition) is 1. The molecule has 0 spiro atoms. The molecule has 0 saturated heterocycles. The van der Waals surface area contributed by atoms with E-state index in [-0.39, 0.29) is 18.3 Å². The Bertz CT molecular complexity index is 536. The normalized spacial score (nSPS) is 10.2. The lowest BCUT2D eigenvalue weighted by molar-refractivity contribution is 0.0470. The lowest BCUT2D eigenvalue weighted by atomic mass is 10.2. The van der Waals surface area contributed by atoms with Gasteiger partial charge in [-0.2, -0.15) is 4.98 Å². The van der Waals surface area contributed by atoms with E-state index in [4.69, 9.17) is 15.0 Å². The van der Waals surface area contributed by atoms with Gasteiger partial charge in [0.15, 0.2) is 0 Å². The van der Waals surface area contributed by atoms with Gasteiger partial charge in [-0.1, -0.05) is 17.3 Å². The van der Waals surface area contributed by atoms with E-state index in [1.807, 2.05) is 0 Å². The molecule has 0 unspecified atom stereocenters. The molecule has 17 heavy (non-hydrogen) atoms. The number of aromatic nitrogens is 2. The first-order valence-corrected chi connectivity index (χ1v) is 5.08. The largest absolute Gasteiger partial charge is 0.459 e. The average Bonchev–Trinajstić information content (AvgIpc) is 2.79. The number of anilines is 1. The topological polar surface area (TPSA) is 91.2 Å². The van der Waals surface area contributed by atoms with Crippen molar-refractivity contribution in [2.24, 2.45) is 0 Å². The molecule has 2 N–H and O–H groups in total. The van der Waals surface area contributed by atoms with Gasteiger partial charge in [-0.05, 0) is 19.1 Å². The molecule has 2 aromatic rings. The fourth-order valence-electron chi connectivity index (χ4n) is 1.31. The third-order valence-electron chi connectivity index (χ3n) is 2.08. The van der Waals surface area contributed by atoms with Crippen LogP contribution in [-0.2, 0) is 4.74 Å². The van der Waals surface area contributed by atoms with E-state index in [1.165, 1.54) is 0 Å². The molecule has 0 saturated carbocycles. The predicted octanol–water partition coefficient (Wildman–Crippen LogP) is 1.50. The fourth-order valence-corrected chi connectivity index (χ4v) is 1.31. The zero-order chi connectivity index (χ0) is 12.3. The van der Waals surface area contributed by atoms with Crippen LogP contribution >= 0.6 is 0 Å². The lowest BCUT2D eigenvalue weighted by Crippen LogP contribution is -2.04. The molecule has 0 aliphatic heterocycles. The minimum absolute atomic E-state index is 0.176. The molecule has 1 aromatic heterocycles. The van der Waals surface area contributed by atoms with Crippen LogP contribution in [0.25, 0.3) is 11.4 Å². The smallest absolute Gasteiger partial charge is 0.397 e. The summed E-state index contributed by atoms with van der Waals surface area (Å²) < 4.78 is 9.54. The van der Waals surface area contributed by atoms with E-state index in [9.17, 15) is 4.79 Å². The van der Waals surface area contributed by atoms with Crippen molar-refractivity contribution in [3.63, 3.8) is 0 Å². The minimum Gasteiger partial charge on any atom is -0.459 e. The number of ether oxygens (including phenoxy) is 1. The summed E-state index contributed by atoms with van der Waals surface area (Å²) in [5.74, 6) is -0.544. The first kappa shape index (κ1) is 11.1. The molecule has 6 heteroatoms. The second-order valence-electron chi connectivity index (χ2n) is 3.23. The van der Waals surface area contributed by atoms with E-state index < -0.39 is 5.97 Å². The Morgan fingerprint density at radius 3 is 2.94 bits per heavy atom. The van der Waals surface area contributed by atoms with E-state index in [0.717, 1.165) is 0 Å². The first-order valence-electron chi connectivity index (χ1n) is 5.08. The van der Waals surface area contributed by atoms with Gasteiger partial charge in [0, 0.05) is 11.3 Å². The van der Waals surface area contributed by atoms with E-state index >= 15 is 0 Å². The highest BCUT2D eigenvalue weighted by atomic mass is 16.6. The number of carbonyl (C=O) groups is 1. The standard InChI is InChI=1S/C11H11N3O3/c1-2-16-11(15)10-13-9(14-17-10)7-5-3-4-6-8(7)12/h3-6H,2,12H2,1H3. The maximum atomic E-state index is 11.3. The Morgan fingerprint density at radius 1 is 1.47 bits per heavy atom. The number of nitrogens with two attached hydrogens (primary N) is 1. The molecule has 0 aliphatic rings. The highest BCUT2D eigenvalue weighted by Gasteiger charge is 2.17. The number of benzene rings is 1. The molecular weight excluding hydrogens is 222 g/mol. The Hall–Kier alpha value is -2.37. The Morgan fingerprint density at radius 2 is 2.24 bits per heavy atom. The van der Waals surface area contributed by atoms with Crippen LogP contribution in [0.2, 0.25) is 0 Å². The molecule has 0 atom stereocenters. The van der Waals surface area contributed by atoms with Gasteiger partial charge >= 0.3 is 11.9 Å². The SMILES string of the molecule is CCOC(=O)c1nc(-c2ccccc2N)no1. The number of para-hydroxylation sites is 1. The van der Waals surface area contributed by atoms with Crippen LogP contribution in [0.4, 0.5) is 5.69 Å². The summed E-state index contributed by atoms with van der Waals surface area (Å²) in [6.45, 7) is 1.95. The summed E-state index contributed by atoms with van der Waals surface area (Å²) >= 11 is 0. The van der Waals surface area contributed by atoms with Crippen LogP contribution in [0.3, 0.4) is 0 Å². The van der Waals surface area contributed by atoms with Crippen molar-refractivity contribution in [3.05, 3.63) is 30.2 Å². The van der Waals surface area contributed by atoms with E-state index in [1.54, 1.807) is 31.2 Å². The van der Waals surface area contributed by atoms with Crippen molar-refractivity contribution in [2.45, 2.75) is 6.92 Å². The van der Waals surface area contributed by atoms with Crippen LogP contribution in [0, 0.1) is 0 Å². The van der Waals surface area contributed by atoms with E-state index in [0.29, 0.717) is 11.3 Å². The van der Waals surface area contributed by atoms with Crippen LogP contribution in [0.5, 0.6) is 0 Å².